The van der Waals surface area contributed by atoms with Crippen molar-refractivity contribution >= 4 is 0 Å². The molecule has 0 fully saturated rings. The van der Waals surface area contributed by atoms with Crippen molar-refractivity contribution in [1.82, 2.24) is 0 Å². The molecule has 0 bridgehead atoms. The average Bonchev–Trinajstić information content (AvgIpc) is 2.16. The molecule has 0 radical (unpaired) electrons. The molecule has 0 spiro atoms. The standard InChI is InChI=1S/C10H23NO3/c1-13-8-4-6-10(12,9-14-2)5-3-7-11/h12H,3-9,11H2,1-2H3. The number of ether oxygens (including phenoxy) is 2. The predicted molar refractivity (Wildman–Crippen MR) is 56.2 cm³/mol. The number of methoxy groups -OCH3 is 2. The minimum absolute atomic E-state index is 0.372. The Morgan fingerprint density at radius 3 is 2.29 bits per heavy atom. The van der Waals surface area contributed by atoms with Crippen LogP contribution >= 0.6 is 0 Å². The highest BCUT2D eigenvalue weighted by Crippen LogP contribution is 2.19. The van der Waals surface area contributed by atoms with Crippen molar-refractivity contribution in [1.29, 1.82) is 0 Å². The second kappa shape index (κ2) is 8.17. The molecule has 0 aromatic rings. The molecule has 0 aromatic heterocycles. The Hall–Kier alpha value is -0.160. The minimum Gasteiger partial charge on any atom is -0.387 e. The van der Waals surface area contributed by atoms with Gasteiger partial charge in [0.15, 0.2) is 0 Å². The lowest BCUT2D eigenvalue weighted by atomic mass is 9.93. The zero-order valence-corrected chi connectivity index (χ0v) is 9.29. The van der Waals surface area contributed by atoms with E-state index in [9.17, 15) is 5.11 Å². The summed E-state index contributed by atoms with van der Waals surface area (Å²) in [5, 5.41) is 10.1. The number of rotatable bonds is 9. The van der Waals surface area contributed by atoms with Crippen LogP contribution in [0.2, 0.25) is 0 Å². The molecule has 14 heavy (non-hydrogen) atoms. The summed E-state index contributed by atoms with van der Waals surface area (Å²) in [6, 6.07) is 0. The van der Waals surface area contributed by atoms with Gasteiger partial charge in [0.05, 0.1) is 12.2 Å². The summed E-state index contributed by atoms with van der Waals surface area (Å²) in [5.74, 6) is 0. The molecule has 3 N–H and O–H groups in total. The van der Waals surface area contributed by atoms with Gasteiger partial charge in [0, 0.05) is 20.8 Å². The van der Waals surface area contributed by atoms with E-state index in [0.29, 0.717) is 32.6 Å². The fourth-order valence-electron chi connectivity index (χ4n) is 1.51. The highest BCUT2D eigenvalue weighted by Gasteiger charge is 2.25. The van der Waals surface area contributed by atoms with Crippen LogP contribution in [0.1, 0.15) is 25.7 Å². The van der Waals surface area contributed by atoms with Gasteiger partial charge < -0.3 is 20.3 Å². The fourth-order valence-corrected chi connectivity index (χ4v) is 1.51. The third kappa shape index (κ3) is 6.32. The van der Waals surface area contributed by atoms with Crippen LogP contribution in [0.15, 0.2) is 0 Å². The lowest BCUT2D eigenvalue weighted by Gasteiger charge is -2.27. The summed E-state index contributed by atoms with van der Waals surface area (Å²) >= 11 is 0. The molecule has 0 aliphatic rings. The van der Waals surface area contributed by atoms with E-state index in [1.807, 2.05) is 0 Å². The topological polar surface area (TPSA) is 64.7 Å². The predicted octanol–water partition coefficient (Wildman–Crippen LogP) is 0.529. The molecule has 0 heterocycles. The Balaban J connectivity index is 3.82. The summed E-state index contributed by atoms with van der Waals surface area (Å²) in [7, 11) is 3.26. The fraction of sp³-hybridized carbons (Fsp3) is 1.00. The third-order valence-corrected chi connectivity index (χ3v) is 2.25. The van der Waals surface area contributed by atoms with E-state index in [1.54, 1.807) is 14.2 Å². The first-order valence-corrected chi connectivity index (χ1v) is 5.09. The molecule has 0 saturated heterocycles. The minimum atomic E-state index is -0.730. The van der Waals surface area contributed by atoms with E-state index in [0.717, 1.165) is 12.8 Å². The number of aliphatic hydroxyl groups is 1. The molecule has 0 aromatic carbocycles. The Kier molecular flexibility index (Phi) is 8.08. The quantitative estimate of drug-likeness (QED) is 0.539. The molecule has 0 rings (SSSR count). The Morgan fingerprint density at radius 1 is 1.14 bits per heavy atom. The van der Waals surface area contributed by atoms with Crippen molar-refractivity contribution in [2.75, 3.05) is 34.0 Å². The second-order valence-electron chi connectivity index (χ2n) is 3.65. The van der Waals surface area contributed by atoms with Crippen LogP contribution in [0.5, 0.6) is 0 Å². The van der Waals surface area contributed by atoms with Gasteiger partial charge in [-0.25, -0.2) is 0 Å². The third-order valence-electron chi connectivity index (χ3n) is 2.25. The average molecular weight is 205 g/mol. The molecule has 4 heteroatoms. The van der Waals surface area contributed by atoms with Gasteiger partial charge in [0.2, 0.25) is 0 Å². The van der Waals surface area contributed by atoms with Gasteiger partial charge in [-0.1, -0.05) is 0 Å². The zero-order chi connectivity index (χ0) is 10.9. The first-order chi connectivity index (χ1) is 6.68. The van der Waals surface area contributed by atoms with Crippen molar-refractivity contribution in [3.05, 3.63) is 0 Å². The maximum Gasteiger partial charge on any atom is 0.0881 e. The smallest absolute Gasteiger partial charge is 0.0881 e. The first-order valence-electron chi connectivity index (χ1n) is 5.09. The summed E-state index contributed by atoms with van der Waals surface area (Å²) < 4.78 is 9.95. The van der Waals surface area contributed by atoms with Gasteiger partial charge in [-0.05, 0) is 32.2 Å². The molecule has 86 valence electrons. The number of hydrogen-bond acceptors (Lipinski definition) is 4. The van der Waals surface area contributed by atoms with Crippen LogP contribution in [0, 0.1) is 0 Å². The van der Waals surface area contributed by atoms with Crippen LogP contribution in [0.4, 0.5) is 0 Å². The van der Waals surface area contributed by atoms with Gasteiger partial charge in [-0.2, -0.15) is 0 Å². The van der Waals surface area contributed by atoms with E-state index < -0.39 is 5.60 Å². The van der Waals surface area contributed by atoms with Crippen molar-refractivity contribution in [3.63, 3.8) is 0 Å². The van der Waals surface area contributed by atoms with Gasteiger partial charge in [-0.15, -0.1) is 0 Å². The Morgan fingerprint density at radius 2 is 1.79 bits per heavy atom. The van der Waals surface area contributed by atoms with E-state index in [4.69, 9.17) is 15.2 Å². The summed E-state index contributed by atoms with van der Waals surface area (Å²) in [6.45, 7) is 1.65. The number of hydrogen-bond donors (Lipinski definition) is 2. The van der Waals surface area contributed by atoms with Crippen LogP contribution in [0.25, 0.3) is 0 Å². The molecular weight excluding hydrogens is 182 g/mol. The molecular formula is C10H23NO3. The Bertz CT molecular complexity index is 133. The lowest BCUT2D eigenvalue weighted by Crippen LogP contribution is -2.35. The van der Waals surface area contributed by atoms with E-state index in [1.165, 1.54) is 0 Å². The van der Waals surface area contributed by atoms with Crippen molar-refractivity contribution < 1.29 is 14.6 Å². The molecule has 0 saturated carbocycles. The molecule has 0 amide bonds. The second-order valence-corrected chi connectivity index (χ2v) is 3.65. The van der Waals surface area contributed by atoms with Gasteiger partial charge in [0.1, 0.15) is 0 Å². The first kappa shape index (κ1) is 13.8. The summed E-state index contributed by atoms with van der Waals surface area (Å²) in [4.78, 5) is 0. The van der Waals surface area contributed by atoms with E-state index in [2.05, 4.69) is 0 Å². The summed E-state index contributed by atoms with van der Waals surface area (Å²) in [5.41, 5.74) is 4.68. The molecule has 0 aliphatic carbocycles. The normalized spacial score (nSPS) is 15.4. The molecule has 4 nitrogen and oxygen atoms in total. The lowest BCUT2D eigenvalue weighted by molar-refractivity contribution is -0.0480. The van der Waals surface area contributed by atoms with Crippen molar-refractivity contribution in [2.45, 2.75) is 31.3 Å². The van der Waals surface area contributed by atoms with Gasteiger partial charge in [-0.3, -0.25) is 0 Å². The van der Waals surface area contributed by atoms with Crippen molar-refractivity contribution in [2.24, 2.45) is 5.73 Å². The highest BCUT2D eigenvalue weighted by molar-refractivity contribution is 4.78. The van der Waals surface area contributed by atoms with Gasteiger partial charge in [0.25, 0.3) is 0 Å². The number of nitrogens with two attached hydrogens (primary N) is 1. The Labute approximate surface area is 86.4 Å². The van der Waals surface area contributed by atoms with E-state index >= 15 is 0 Å². The maximum atomic E-state index is 10.1. The van der Waals surface area contributed by atoms with Crippen LogP contribution in [0.3, 0.4) is 0 Å². The van der Waals surface area contributed by atoms with Crippen molar-refractivity contribution in [3.8, 4) is 0 Å². The maximum absolute atomic E-state index is 10.1. The monoisotopic (exact) mass is 205 g/mol. The largest absolute Gasteiger partial charge is 0.387 e. The highest BCUT2D eigenvalue weighted by atomic mass is 16.5. The van der Waals surface area contributed by atoms with Crippen LogP contribution < -0.4 is 5.73 Å². The van der Waals surface area contributed by atoms with Crippen LogP contribution in [-0.4, -0.2) is 44.7 Å². The molecule has 1 atom stereocenters. The van der Waals surface area contributed by atoms with E-state index in [-0.39, 0.29) is 0 Å². The SMILES string of the molecule is COCCCC(O)(CCCN)COC. The van der Waals surface area contributed by atoms with Crippen LogP contribution in [-0.2, 0) is 9.47 Å². The van der Waals surface area contributed by atoms with Gasteiger partial charge >= 0.3 is 0 Å². The molecule has 0 aliphatic heterocycles. The zero-order valence-electron chi connectivity index (χ0n) is 9.29. The summed E-state index contributed by atoms with van der Waals surface area (Å²) in [6.07, 6.45) is 3.07. The molecule has 1 unspecified atom stereocenters.